The minimum atomic E-state index is -0.815. The number of carbonyl (C=O) groups excluding carboxylic acids is 2. The fourth-order valence-corrected chi connectivity index (χ4v) is 8.11. The molecule has 2 saturated carbocycles. The Labute approximate surface area is 209 Å². The summed E-state index contributed by atoms with van der Waals surface area (Å²) in [5, 5.41) is 0. The second-order valence-corrected chi connectivity index (χ2v) is 11.4. The second kappa shape index (κ2) is 9.01. The number of rotatable bonds is 6. The van der Waals surface area contributed by atoms with Gasteiger partial charge in [-0.3, -0.25) is 9.59 Å². The number of hydrogen-bond acceptors (Lipinski definition) is 5. The maximum absolute atomic E-state index is 13.5. The van der Waals surface area contributed by atoms with Gasteiger partial charge in [-0.25, -0.2) is 0 Å². The molecule has 2 unspecified atom stereocenters. The first-order chi connectivity index (χ1) is 16.8. The van der Waals surface area contributed by atoms with Gasteiger partial charge >= 0.3 is 0 Å². The number of anilines is 1. The van der Waals surface area contributed by atoms with Gasteiger partial charge in [0.25, 0.3) is 0 Å². The molecule has 0 radical (unpaired) electrons. The largest absolute Gasteiger partial charge is 0.378 e. The van der Waals surface area contributed by atoms with Gasteiger partial charge in [0.1, 0.15) is 12.2 Å². The van der Waals surface area contributed by atoms with E-state index in [-0.39, 0.29) is 29.5 Å². The van der Waals surface area contributed by atoms with Crippen LogP contribution in [0.4, 0.5) is 5.69 Å². The Bertz CT molecular complexity index is 1080. The predicted octanol–water partition coefficient (Wildman–Crippen LogP) is 5.25. The topological polar surface area (TPSA) is 55.8 Å². The van der Waals surface area contributed by atoms with E-state index in [0.29, 0.717) is 18.3 Å². The van der Waals surface area contributed by atoms with Gasteiger partial charge in [-0.1, -0.05) is 24.6 Å². The summed E-state index contributed by atoms with van der Waals surface area (Å²) < 4.78 is 11.5. The molecule has 0 aromatic heterocycles. The first kappa shape index (κ1) is 24.5. The lowest BCUT2D eigenvalue weighted by atomic mass is 9.50. The summed E-state index contributed by atoms with van der Waals surface area (Å²) >= 11 is 0. The van der Waals surface area contributed by atoms with Crippen molar-refractivity contribution in [2.75, 3.05) is 39.8 Å². The lowest BCUT2D eigenvalue weighted by Gasteiger charge is -2.55. The van der Waals surface area contributed by atoms with Gasteiger partial charge in [0.15, 0.2) is 11.6 Å². The normalized spacial score (nSPS) is 34.1. The average Bonchev–Trinajstić information content (AvgIpc) is 3.16. The van der Waals surface area contributed by atoms with Crippen molar-refractivity contribution >= 4 is 17.3 Å². The lowest BCUT2D eigenvalue weighted by Crippen LogP contribution is -2.57. The van der Waals surface area contributed by atoms with Gasteiger partial charge in [-0.15, -0.1) is 0 Å². The van der Waals surface area contributed by atoms with Crippen LogP contribution < -0.4 is 4.90 Å². The number of benzene rings is 1. The van der Waals surface area contributed by atoms with Gasteiger partial charge < -0.3 is 14.4 Å². The van der Waals surface area contributed by atoms with Crippen LogP contribution >= 0.6 is 0 Å². The number of fused-ring (bicyclic) bond motifs is 4. The van der Waals surface area contributed by atoms with Crippen molar-refractivity contribution in [3.8, 4) is 0 Å². The van der Waals surface area contributed by atoms with E-state index in [1.807, 2.05) is 6.08 Å². The van der Waals surface area contributed by atoms with Crippen molar-refractivity contribution in [2.24, 2.45) is 17.3 Å². The number of ketones is 2. The standard InChI is InChI=1S/C30H39NO4/c1-29-17-25(19-6-9-21(10-7-19)31(2)3)28-23-13-11-22(32)16-20(23)8-12-24(28)26(29)14-15-30(29,35-5)27(33)18-34-4/h6-7,9-10,16,24-26H,8,11-15,17-18H2,1-5H3/t24?,25-,26?,29+,30+/m1/s1. The monoisotopic (exact) mass is 477 g/mol. The van der Waals surface area contributed by atoms with E-state index in [0.717, 1.165) is 38.5 Å². The number of Topliss-reactive ketones (excluding diaryl/α,β-unsaturated/α-hetero) is 1. The van der Waals surface area contributed by atoms with Crippen molar-refractivity contribution in [3.63, 3.8) is 0 Å². The van der Waals surface area contributed by atoms with Crippen LogP contribution in [0.25, 0.3) is 0 Å². The van der Waals surface area contributed by atoms with Crippen LogP contribution in [0.5, 0.6) is 0 Å². The zero-order valence-corrected chi connectivity index (χ0v) is 21.9. The summed E-state index contributed by atoms with van der Waals surface area (Å²) in [6.07, 6.45) is 7.99. The van der Waals surface area contributed by atoms with Crippen molar-refractivity contribution in [2.45, 2.75) is 63.4 Å². The summed E-state index contributed by atoms with van der Waals surface area (Å²) in [6, 6.07) is 8.92. The number of carbonyl (C=O) groups is 2. The molecule has 5 rings (SSSR count). The Morgan fingerprint density at radius 3 is 2.49 bits per heavy atom. The summed E-state index contributed by atoms with van der Waals surface area (Å²) in [7, 11) is 7.43. The molecule has 0 spiro atoms. The molecule has 0 saturated heterocycles. The van der Waals surface area contributed by atoms with Crippen LogP contribution in [0, 0.1) is 17.3 Å². The molecule has 35 heavy (non-hydrogen) atoms. The SMILES string of the molecule is COCC(=O)[C@@]1(OC)CCC2C3CCC4=CC(=O)CCC4=C3[C@@H](c3ccc(N(C)C)cc3)C[C@@]21C. The highest BCUT2D eigenvalue weighted by atomic mass is 16.5. The maximum Gasteiger partial charge on any atom is 0.190 e. The van der Waals surface area contributed by atoms with Gasteiger partial charge in [0, 0.05) is 51.8 Å². The molecule has 4 aliphatic carbocycles. The fraction of sp³-hybridized carbons (Fsp3) is 0.600. The summed E-state index contributed by atoms with van der Waals surface area (Å²) in [4.78, 5) is 27.9. The van der Waals surface area contributed by atoms with E-state index in [4.69, 9.17) is 9.47 Å². The molecule has 4 aliphatic rings. The highest BCUT2D eigenvalue weighted by Gasteiger charge is 2.66. The van der Waals surface area contributed by atoms with Gasteiger partial charge in [-0.2, -0.15) is 0 Å². The molecular weight excluding hydrogens is 438 g/mol. The van der Waals surface area contributed by atoms with Crippen LogP contribution in [0.2, 0.25) is 0 Å². The average molecular weight is 478 g/mol. The molecule has 0 N–H and O–H groups in total. The van der Waals surface area contributed by atoms with Gasteiger partial charge in [0.2, 0.25) is 0 Å². The van der Waals surface area contributed by atoms with Crippen molar-refractivity contribution in [1.29, 1.82) is 0 Å². The Kier molecular flexibility index (Phi) is 6.29. The first-order valence-corrected chi connectivity index (χ1v) is 13.1. The molecule has 1 aromatic carbocycles. The van der Waals surface area contributed by atoms with E-state index in [1.165, 1.54) is 22.4 Å². The molecule has 0 bridgehead atoms. The highest BCUT2D eigenvalue weighted by Crippen LogP contribution is 2.67. The highest BCUT2D eigenvalue weighted by molar-refractivity contribution is 5.93. The van der Waals surface area contributed by atoms with Crippen molar-refractivity contribution < 1.29 is 19.1 Å². The van der Waals surface area contributed by atoms with E-state index in [1.54, 1.807) is 19.8 Å². The first-order valence-electron chi connectivity index (χ1n) is 13.1. The Balaban J connectivity index is 1.66. The molecule has 0 heterocycles. The summed E-state index contributed by atoms with van der Waals surface area (Å²) in [6.45, 7) is 2.39. The van der Waals surface area contributed by atoms with E-state index < -0.39 is 5.60 Å². The number of allylic oxidation sites excluding steroid dienone is 4. The van der Waals surface area contributed by atoms with Crippen LogP contribution in [0.15, 0.2) is 47.1 Å². The molecule has 0 amide bonds. The fourth-order valence-electron chi connectivity index (χ4n) is 8.11. The third-order valence-electron chi connectivity index (χ3n) is 9.74. The van der Waals surface area contributed by atoms with Crippen LogP contribution in [-0.2, 0) is 19.1 Å². The number of hydrogen-bond donors (Lipinski definition) is 0. The third kappa shape index (κ3) is 3.65. The Morgan fingerprint density at radius 2 is 1.83 bits per heavy atom. The van der Waals surface area contributed by atoms with Crippen LogP contribution in [0.3, 0.4) is 0 Å². The van der Waals surface area contributed by atoms with E-state index in [2.05, 4.69) is 50.2 Å². The minimum Gasteiger partial charge on any atom is -0.378 e. The molecule has 0 aliphatic heterocycles. The summed E-state index contributed by atoms with van der Waals surface area (Å²) in [5.74, 6) is 1.36. The minimum absolute atomic E-state index is 0.0740. The van der Waals surface area contributed by atoms with Gasteiger partial charge in [0.05, 0.1) is 0 Å². The van der Waals surface area contributed by atoms with Gasteiger partial charge in [-0.05, 0) is 85.3 Å². The van der Waals surface area contributed by atoms with Crippen LogP contribution in [0.1, 0.15) is 63.4 Å². The van der Waals surface area contributed by atoms with Crippen molar-refractivity contribution in [1.82, 2.24) is 0 Å². The molecule has 5 heteroatoms. The van der Waals surface area contributed by atoms with E-state index >= 15 is 0 Å². The predicted molar refractivity (Wildman–Crippen MR) is 138 cm³/mol. The van der Waals surface area contributed by atoms with Crippen LogP contribution in [-0.4, -0.2) is 52.1 Å². The smallest absolute Gasteiger partial charge is 0.190 e. The zero-order chi connectivity index (χ0) is 25.0. The Morgan fingerprint density at radius 1 is 1.09 bits per heavy atom. The lowest BCUT2D eigenvalue weighted by molar-refractivity contribution is -0.166. The Hall–Kier alpha value is -2.24. The molecule has 188 valence electrons. The molecule has 5 atom stereocenters. The summed E-state index contributed by atoms with van der Waals surface area (Å²) in [5.41, 5.74) is 5.63. The zero-order valence-electron chi connectivity index (χ0n) is 21.9. The molecule has 2 fully saturated rings. The number of methoxy groups -OCH3 is 2. The number of nitrogens with zero attached hydrogens (tertiary/aromatic N) is 1. The molecular formula is C30H39NO4. The quantitative estimate of drug-likeness (QED) is 0.560. The second-order valence-electron chi connectivity index (χ2n) is 11.4. The number of ether oxygens (including phenoxy) is 2. The van der Waals surface area contributed by atoms with E-state index in [9.17, 15) is 9.59 Å². The molecule has 1 aromatic rings. The molecule has 5 nitrogen and oxygen atoms in total. The third-order valence-corrected chi connectivity index (χ3v) is 9.74. The maximum atomic E-state index is 13.5. The van der Waals surface area contributed by atoms with Crippen molar-refractivity contribution in [3.05, 3.63) is 52.6 Å².